The van der Waals surface area contributed by atoms with Crippen LogP contribution in [-0.4, -0.2) is 32.6 Å². The summed E-state index contributed by atoms with van der Waals surface area (Å²) in [5.74, 6) is -0.937. The predicted molar refractivity (Wildman–Crippen MR) is 123 cm³/mol. The van der Waals surface area contributed by atoms with Gasteiger partial charge in [-0.25, -0.2) is 4.79 Å². The van der Waals surface area contributed by atoms with Gasteiger partial charge in [0.05, 0.1) is 21.7 Å². The topological polar surface area (TPSA) is 105 Å². The van der Waals surface area contributed by atoms with Crippen molar-refractivity contribution in [1.82, 2.24) is 0 Å². The van der Waals surface area contributed by atoms with Gasteiger partial charge in [-0.1, -0.05) is 28.7 Å². The number of alkyl halides is 1. The van der Waals surface area contributed by atoms with Crippen molar-refractivity contribution in [2.75, 3.05) is 9.74 Å². The molecule has 3 atom stereocenters. The molecule has 0 bridgehead atoms. The highest BCUT2D eigenvalue weighted by molar-refractivity contribution is 14.1. The molecule has 3 N–H and O–H groups in total. The van der Waals surface area contributed by atoms with E-state index < -0.39 is 23.6 Å². The third kappa shape index (κ3) is 3.44. The van der Waals surface area contributed by atoms with Crippen LogP contribution in [0.2, 0.25) is 0 Å². The number of allylic oxidation sites excluding steroid dienone is 1. The number of phenols is 1. The zero-order chi connectivity index (χ0) is 22.3. The minimum absolute atomic E-state index is 0.0120. The van der Waals surface area contributed by atoms with Gasteiger partial charge in [0.2, 0.25) is 5.91 Å². The average Bonchev–Trinajstić information content (AvgIpc) is 3.00. The maximum absolute atomic E-state index is 12.9. The van der Waals surface area contributed by atoms with E-state index in [0.29, 0.717) is 28.1 Å². The molecule has 0 fully saturated rings. The Morgan fingerprint density at radius 3 is 2.74 bits per heavy atom. The SMILES string of the molecule is C=CC1C(/C=C(\C)O)Oc2cc(O)ccc2C12OC(=O)c1ccc(NC(=O)CI)cc12. The number of fused-ring (bicyclic) bond motifs is 4. The lowest BCUT2D eigenvalue weighted by Gasteiger charge is -2.44. The predicted octanol–water partition coefficient (Wildman–Crippen LogP) is 4.20. The zero-order valence-corrected chi connectivity index (χ0v) is 18.8. The molecule has 1 amide bonds. The molecule has 2 heterocycles. The molecule has 7 nitrogen and oxygen atoms in total. The second-order valence-electron chi connectivity index (χ2n) is 7.40. The van der Waals surface area contributed by atoms with Gasteiger partial charge in [-0.05, 0) is 43.3 Å². The number of hydrogen-bond donors (Lipinski definition) is 3. The largest absolute Gasteiger partial charge is 0.513 e. The highest BCUT2D eigenvalue weighted by Gasteiger charge is 2.58. The van der Waals surface area contributed by atoms with Crippen LogP contribution in [0.25, 0.3) is 0 Å². The van der Waals surface area contributed by atoms with Crippen LogP contribution in [0.1, 0.15) is 28.4 Å². The first-order valence-corrected chi connectivity index (χ1v) is 11.1. The van der Waals surface area contributed by atoms with Crippen molar-refractivity contribution in [3.05, 3.63) is 77.6 Å². The van der Waals surface area contributed by atoms with Crippen molar-refractivity contribution < 1.29 is 29.3 Å². The lowest BCUT2D eigenvalue weighted by atomic mass is 9.71. The molecule has 0 saturated carbocycles. The van der Waals surface area contributed by atoms with Crippen molar-refractivity contribution in [2.45, 2.75) is 18.6 Å². The molecular weight excluding hydrogens is 513 g/mol. The van der Waals surface area contributed by atoms with E-state index >= 15 is 0 Å². The van der Waals surface area contributed by atoms with Crippen molar-refractivity contribution in [1.29, 1.82) is 0 Å². The minimum Gasteiger partial charge on any atom is -0.513 e. The van der Waals surface area contributed by atoms with Gasteiger partial charge in [0, 0.05) is 22.9 Å². The molecule has 31 heavy (non-hydrogen) atoms. The number of esters is 1. The molecule has 0 aromatic heterocycles. The minimum atomic E-state index is -1.31. The number of benzene rings is 2. The normalized spacial score (nSPS) is 24.1. The Morgan fingerprint density at radius 2 is 2.06 bits per heavy atom. The quantitative estimate of drug-likeness (QED) is 0.179. The number of phenolic OH excluding ortho intramolecular Hbond substituents is 1. The molecule has 2 aliphatic rings. The van der Waals surface area contributed by atoms with Gasteiger partial charge < -0.3 is 25.0 Å². The molecule has 3 unspecified atom stereocenters. The number of halogens is 1. The number of aliphatic hydroxyl groups excluding tert-OH is 1. The monoisotopic (exact) mass is 533 g/mol. The first-order valence-electron chi connectivity index (χ1n) is 9.54. The van der Waals surface area contributed by atoms with Gasteiger partial charge in [0.25, 0.3) is 0 Å². The van der Waals surface area contributed by atoms with E-state index in [2.05, 4.69) is 11.9 Å². The molecule has 0 aliphatic carbocycles. The molecule has 1 spiro atoms. The van der Waals surface area contributed by atoms with E-state index in [1.807, 2.05) is 22.6 Å². The lowest BCUT2D eigenvalue weighted by molar-refractivity contribution is -0.113. The van der Waals surface area contributed by atoms with Crippen LogP contribution < -0.4 is 10.1 Å². The number of aromatic hydroxyl groups is 1. The Morgan fingerprint density at radius 1 is 1.29 bits per heavy atom. The summed E-state index contributed by atoms with van der Waals surface area (Å²) in [6, 6.07) is 9.56. The van der Waals surface area contributed by atoms with Crippen LogP contribution in [0.4, 0.5) is 5.69 Å². The Balaban J connectivity index is 1.99. The number of amides is 1. The highest BCUT2D eigenvalue weighted by atomic mass is 127. The lowest BCUT2D eigenvalue weighted by Crippen LogP contribution is -2.47. The van der Waals surface area contributed by atoms with E-state index in [1.54, 1.807) is 30.3 Å². The molecule has 2 aromatic carbocycles. The number of aliphatic hydroxyl groups is 1. The van der Waals surface area contributed by atoms with Crippen molar-refractivity contribution in [2.24, 2.45) is 5.92 Å². The number of carbonyl (C=O) groups is 2. The smallest absolute Gasteiger partial charge is 0.339 e. The van der Waals surface area contributed by atoms with Gasteiger partial charge >= 0.3 is 5.97 Å². The number of hydrogen-bond acceptors (Lipinski definition) is 6. The van der Waals surface area contributed by atoms with Crippen molar-refractivity contribution >= 4 is 40.2 Å². The fourth-order valence-corrected chi connectivity index (χ4v) is 4.42. The second-order valence-corrected chi connectivity index (χ2v) is 8.16. The maximum atomic E-state index is 12.9. The van der Waals surface area contributed by atoms with E-state index in [-0.39, 0.29) is 21.8 Å². The maximum Gasteiger partial charge on any atom is 0.339 e. The van der Waals surface area contributed by atoms with Crippen LogP contribution in [0.3, 0.4) is 0 Å². The summed E-state index contributed by atoms with van der Waals surface area (Å²) >= 11 is 1.97. The Hall–Kier alpha value is -3.01. The van der Waals surface area contributed by atoms with Gasteiger partial charge in [0.1, 0.15) is 17.6 Å². The summed E-state index contributed by atoms with van der Waals surface area (Å²) in [4.78, 5) is 24.8. The average molecular weight is 533 g/mol. The van der Waals surface area contributed by atoms with Gasteiger partial charge in [0.15, 0.2) is 5.60 Å². The summed E-state index contributed by atoms with van der Waals surface area (Å²) in [6.45, 7) is 5.45. The molecule has 4 rings (SSSR count). The van der Waals surface area contributed by atoms with E-state index in [9.17, 15) is 19.8 Å². The van der Waals surface area contributed by atoms with Crippen LogP contribution in [0.5, 0.6) is 11.5 Å². The van der Waals surface area contributed by atoms with Crippen LogP contribution in [0.15, 0.2) is 60.9 Å². The van der Waals surface area contributed by atoms with Gasteiger partial charge in [-0.3, -0.25) is 4.79 Å². The number of anilines is 1. The summed E-state index contributed by atoms with van der Waals surface area (Å²) in [5.41, 5.74) is 0.677. The molecular formula is C23H20INO6. The number of carbonyl (C=O) groups excluding carboxylic acids is 2. The third-order valence-corrected chi connectivity index (χ3v) is 6.10. The summed E-state index contributed by atoms with van der Waals surface area (Å²) in [5, 5.41) is 22.7. The fourth-order valence-electron chi connectivity index (χ4n) is 4.23. The van der Waals surface area contributed by atoms with Crippen LogP contribution >= 0.6 is 22.6 Å². The molecule has 2 aliphatic heterocycles. The third-order valence-electron chi connectivity index (χ3n) is 5.41. The number of rotatable bonds is 4. The molecule has 8 heteroatoms. The Bertz CT molecular complexity index is 1120. The van der Waals surface area contributed by atoms with Crippen molar-refractivity contribution in [3.8, 4) is 11.5 Å². The van der Waals surface area contributed by atoms with Crippen LogP contribution in [-0.2, 0) is 15.1 Å². The Kier molecular flexibility index (Phi) is 5.42. The molecule has 160 valence electrons. The standard InChI is InChI=1S/C23H20INO6/c1-3-16-19(8-12(2)26)30-20-10-14(27)5-7-17(20)23(16)18-9-13(25-21(28)11-24)4-6-15(18)22(29)31-23/h3-10,16,19,26-27H,1,11H2,2H3,(H,25,28)/b12-8+. The van der Waals surface area contributed by atoms with Gasteiger partial charge in [-0.15, -0.1) is 6.58 Å². The summed E-state index contributed by atoms with van der Waals surface area (Å²) in [7, 11) is 0. The van der Waals surface area contributed by atoms with E-state index in [0.717, 1.165) is 0 Å². The van der Waals surface area contributed by atoms with Crippen molar-refractivity contribution in [3.63, 3.8) is 0 Å². The summed E-state index contributed by atoms with van der Waals surface area (Å²) in [6.07, 6.45) is 2.41. The summed E-state index contributed by atoms with van der Waals surface area (Å²) < 4.78 is 12.4. The highest BCUT2D eigenvalue weighted by Crippen LogP contribution is 2.55. The second kappa shape index (κ2) is 7.92. The molecule has 2 aromatic rings. The van der Waals surface area contributed by atoms with Gasteiger partial charge in [-0.2, -0.15) is 0 Å². The zero-order valence-electron chi connectivity index (χ0n) is 16.6. The number of nitrogens with one attached hydrogen (secondary N) is 1. The molecule has 0 saturated heterocycles. The molecule has 0 radical (unpaired) electrons. The first kappa shape index (κ1) is 21.2. The van der Waals surface area contributed by atoms with Crippen LogP contribution in [0, 0.1) is 5.92 Å². The van der Waals surface area contributed by atoms with E-state index in [4.69, 9.17) is 9.47 Å². The fraction of sp³-hybridized carbons (Fsp3) is 0.217. The Labute approximate surface area is 192 Å². The van der Waals surface area contributed by atoms with E-state index in [1.165, 1.54) is 25.1 Å². The number of ether oxygens (including phenoxy) is 2. The first-order chi connectivity index (χ1) is 14.8.